The van der Waals surface area contributed by atoms with Crippen molar-refractivity contribution < 1.29 is 23.4 Å². The molecule has 1 aromatic heterocycles. The van der Waals surface area contributed by atoms with Crippen molar-refractivity contribution in [2.45, 2.75) is 4.90 Å². The van der Waals surface area contributed by atoms with E-state index in [1.54, 1.807) is 24.3 Å². The van der Waals surface area contributed by atoms with Crippen LogP contribution in [-0.4, -0.2) is 49.1 Å². The Balaban J connectivity index is 2.75. The van der Waals surface area contributed by atoms with Crippen molar-refractivity contribution in [2.24, 2.45) is 0 Å². The highest BCUT2D eigenvalue weighted by atomic mass is 32.2. The monoisotopic (exact) mass is 315 g/mol. The lowest BCUT2D eigenvalue weighted by molar-refractivity contribution is 0.0698. The summed E-state index contributed by atoms with van der Waals surface area (Å²) in [5.41, 5.74) is 0. The number of rotatable bonds is 5. The van der Waals surface area contributed by atoms with Gasteiger partial charge < -0.3 is 10.2 Å². The number of fused-ring (bicyclic) bond motifs is 1. The van der Waals surface area contributed by atoms with Crippen molar-refractivity contribution in [3.8, 4) is 0 Å². The number of thiophene rings is 1. The van der Waals surface area contributed by atoms with Gasteiger partial charge in [0.15, 0.2) is 0 Å². The molecule has 0 aliphatic rings. The predicted molar refractivity (Wildman–Crippen MR) is 75.7 cm³/mol. The molecule has 20 heavy (non-hydrogen) atoms. The molecule has 0 saturated heterocycles. The molecule has 8 heteroatoms. The zero-order valence-electron chi connectivity index (χ0n) is 10.6. The molecule has 0 aliphatic carbocycles. The fourth-order valence-corrected chi connectivity index (χ4v) is 4.69. The third-order valence-corrected chi connectivity index (χ3v) is 6.06. The minimum absolute atomic E-state index is 0.0917. The van der Waals surface area contributed by atoms with Gasteiger partial charge in [-0.05, 0) is 6.07 Å². The first kappa shape index (κ1) is 14.9. The van der Waals surface area contributed by atoms with Gasteiger partial charge in [-0.25, -0.2) is 13.2 Å². The average Bonchev–Trinajstić information content (AvgIpc) is 2.79. The second kappa shape index (κ2) is 5.49. The summed E-state index contributed by atoms with van der Waals surface area (Å²) in [6, 6.07) is 6.64. The normalized spacial score (nSPS) is 12.2. The molecule has 0 saturated carbocycles. The van der Waals surface area contributed by atoms with Gasteiger partial charge in [0.1, 0.15) is 9.77 Å². The van der Waals surface area contributed by atoms with Crippen molar-refractivity contribution >= 4 is 37.4 Å². The molecule has 0 unspecified atom stereocenters. The van der Waals surface area contributed by atoms with E-state index in [2.05, 4.69) is 0 Å². The number of benzene rings is 1. The van der Waals surface area contributed by atoms with E-state index in [9.17, 15) is 18.3 Å². The van der Waals surface area contributed by atoms with E-state index in [1.807, 2.05) is 0 Å². The Hall–Kier alpha value is -1.48. The number of hydrogen-bond donors (Lipinski definition) is 2. The lowest BCUT2D eigenvalue weighted by Crippen LogP contribution is -2.30. The summed E-state index contributed by atoms with van der Waals surface area (Å²) in [5, 5.41) is 18.5. The Bertz CT molecular complexity index is 750. The first-order chi connectivity index (χ1) is 9.39. The van der Waals surface area contributed by atoms with Gasteiger partial charge in [-0.15, -0.1) is 11.3 Å². The third-order valence-electron chi connectivity index (χ3n) is 2.83. The van der Waals surface area contributed by atoms with Crippen LogP contribution in [0.15, 0.2) is 29.2 Å². The summed E-state index contributed by atoms with van der Waals surface area (Å²) < 4.78 is 26.5. The van der Waals surface area contributed by atoms with Crippen LogP contribution in [0.25, 0.3) is 10.1 Å². The van der Waals surface area contributed by atoms with Crippen molar-refractivity contribution in [1.29, 1.82) is 0 Å². The summed E-state index contributed by atoms with van der Waals surface area (Å²) in [4.78, 5) is 10.9. The smallest absolute Gasteiger partial charge is 0.347 e. The van der Waals surface area contributed by atoms with E-state index < -0.39 is 16.0 Å². The van der Waals surface area contributed by atoms with E-state index in [4.69, 9.17) is 5.11 Å². The molecule has 0 spiro atoms. The summed E-state index contributed by atoms with van der Waals surface area (Å²) in [7, 11) is -2.65. The van der Waals surface area contributed by atoms with Crippen LogP contribution < -0.4 is 0 Å². The van der Waals surface area contributed by atoms with E-state index in [1.165, 1.54) is 7.05 Å². The second-order valence-corrected chi connectivity index (χ2v) is 7.15. The van der Waals surface area contributed by atoms with Gasteiger partial charge in [-0.3, -0.25) is 0 Å². The summed E-state index contributed by atoms with van der Waals surface area (Å²) >= 11 is 0.926. The number of sulfonamides is 1. The molecule has 2 aromatic rings. The average molecular weight is 315 g/mol. The first-order valence-corrected chi connectivity index (χ1v) is 7.97. The molecular weight excluding hydrogens is 302 g/mol. The molecule has 2 rings (SSSR count). The van der Waals surface area contributed by atoms with Crippen LogP contribution in [0.2, 0.25) is 0 Å². The van der Waals surface area contributed by atoms with Crippen LogP contribution in [0.1, 0.15) is 9.67 Å². The van der Waals surface area contributed by atoms with Crippen molar-refractivity contribution in [3.05, 3.63) is 29.1 Å². The number of carboxylic acid groups (broad SMARTS) is 1. The predicted octanol–water partition coefficient (Wildman–Crippen LogP) is 1.21. The third kappa shape index (κ3) is 2.42. The van der Waals surface area contributed by atoms with Gasteiger partial charge in [-0.2, -0.15) is 4.31 Å². The first-order valence-electron chi connectivity index (χ1n) is 5.71. The molecule has 1 aromatic carbocycles. The Morgan fingerprint density at radius 1 is 1.35 bits per heavy atom. The van der Waals surface area contributed by atoms with Gasteiger partial charge >= 0.3 is 5.97 Å². The molecule has 2 N–H and O–H groups in total. The Morgan fingerprint density at radius 3 is 2.60 bits per heavy atom. The SMILES string of the molecule is CN(CCO)S(=O)(=O)c1c(C(=O)O)sc2ccccc12. The number of hydrogen-bond acceptors (Lipinski definition) is 5. The standard InChI is InChI=1S/C12H13NO5S2/c1-13(6-7-14)20(17,18)11-8-4-2-3-5-9(8)19-10(11)12(15)16/h2-5,14H,6-7H2,1H3,(H,15,16). The minimum Gasteiger partial charge on any atom is -0.477 e. The van der Waals surface area contributed by atoms with Gasteiger partial charge in [0.2, 0.25) is 10.0 Å². The maximum absolute atomic E-state index is 12.5. The van der Waals surface area contributed by atoms with Crippen LogP contribution in [0.5, 0.6) is 0 Å². The number of aliphatic hydroxyl groups excluding tert-OH is 1. The topological polar surface area (TPSA) is 94.9 Å². The molecule has 108 valence electrons. The van der Waals surface area contributed by atoms with Crippen LogP contribution in [0.4, 0.5) is 0 Å². The number of nitrogens with zero attached hydrogens (tertiary/aromatic N) is 1. The van der Waals surface area contributed by atoms with E-state index in [0.717, 1.165) is 15.6 Å². The molecule has 0 aliphatic heterocycles. The maximum atomic E-state index is 12.5. The van der Waals surface area contributed by atoms with Gasteiger partial charge in [0.25, 0.3) is 0 Å². The number of aromatic carboxylic acids is 1. The number of carboxylic acids is 1. The number of likely N-dealkylation sites (N-methyl/N-ethyl adjacent to an activating group) is 1. The lowest BCUT2D eigenvalue weighted by atomic mass is 10.2. The van der Waals surface area contributed by atoms with Crippen LogP contribution in [0.3, 0.4) is 0 Å². The van der Waals surface area contributed by atoms with Crippen molar-refractivity contribution in [2.75, 3.05) is 20.2 Å². The second-order valence-electron chi connectivity index (χ2n) is 4.11. The van der Waals surface area contributed by atoms with E-state index in [0.29, 0.717) is 10.1 Å². The molecule has 1 heterocycles. The molecule has 0 atom stereocenters. The highest BCUT2D eigenvalue weighted by molar-refractivity contribution is 7.89. The number of carbonyl (C=O) groups is 1. The highest BCUT2D eigenvalue weighted by Crippen LogP contribution is 2.35. The van der Waals surface area contributed by atoms with Crippen LogP contribution >= 0.6 is 11.3 Å². The Morgan fingerprint density at radius 2 is 2.00 bits per heavy atom. The van der Waals surface area contributed by atoms with E-state index >= 15 is 0 Å². The Kier molecular flexibility index (Phi) is 4.09. The molecule has 0 bridgehead atoms. The molecule has 6 nitrogen and oxygen atoms in total. The largest absolute Gasteiger partial charge is 0.477 e. The maximum Gasteiger partial charge on any atom is 0.347 e. The summed E-state index contributed by atoms with van der Waals surface area (Å²) in [6.07, 6.45) is 0. The molecular formula is C12H13NO5S2. The zero-order valence-corrected chi connectivity index (χ0v) is 12.2. The van der Waals surface area contributed by atoms with Crippen LogP contribution in [0, 0.1) is 0 Å². The van der Waals surface area contributed by atoms with Gasteiger partial charge in [0, 0.05) is 23.7 Å². The summed E-state index contributed by atoms with van der Waals surface area (Å²) in [5.74, 6) is -1.28. The molecule has 0 fully saturated rings. The van der Waals surface area contributed by atoms with Crippen molar-refractivity contribution in [1.82, 2.24) is 4.31 Å². The van der Waals surface area contributed by atoms with Gasteiger partial charge in [-0.1, -0.05) is 18.2 Å². The number of aliphatic hydroxyl groups is 1. The van der Waals surface area contributed by atoms with Crippen molar-refractivity contribution in [3.63, 3.8) is 0 Å². The van der Waals surface area contributed by atoms with Gasteiger partial charge in [0.05, 0.1) is 6.61 Å². The van der Waals surface area contributed by atoms with E-state index in [-0.39, 0.29) is 22.9 Å². The molecule has 0 amide bonds. The fourth-order valence-electron chi connectivity index (χ4n) is 1.84. The zero-order chi connectivity index (χ0) is 14.9. The van der Waals surface area contributed by atoms with Crippen LogP contribution in [-0.2, 0) is 10.0 Å². The lowest BCUT2D eigenvalue weighted by Gasteiger charge is -2.16. The summed E-state index contributed by atoms with van der Waals surface area (Å²) in [6.45, 7) is -0.425. The quantitative estimate of drug-likeness (QED) is 0.865. The Labute approximate surface area is 119 Å². The fraction of sp³-hybridized carbons (Fsp3) is 0.250. The minimum atomic E-state index is -3.96. The highest BCUT2D eigenvalue weighted by Gasteiger charge is 2.31. The molecule has 0 radical (unpaired) electrons.